The number of nitrogens with zero attached hydrogens (tertiary/aromatic N) is 5. The van der Waals surface area contributed by atoms with Gasteiger partial charge in [0.25, 0.3) is 5.56 Å². The highest BCUT2D eigenvalue weighted by Crippen LogP contribution is 2.25. The van der Waals surface area contributed by atoms with Crippen LogP contribution in [-0.2, 0) is 6.54 Å². The monoisotopic (exact) mass is 333 g/mol. The molecule has 1 fully saturated rings. The number of aromatic nitrogens is 4. The van der Waals surface area contributed by atoms with E-state index in [0.717, 1.165) is 49.1 Å². The largest absolute Gasteiger partial charge is 0.347 e. The van der Waals surface area contributed by atoms with Gasteiger partial charge in [-0.25, -0.2) is 9.97 Å². The van der Waals surface area contributed by atoms with E-state index in [2.05, 4.69) is 33.1 Å². The Labute approximate surface area is 140 Å². The first-order chi connectivity index (χ1) is 11.0. The van der Waals surface area contributed by atoms with E-state index in [-0.39, 0.29) is 11.5 Å². The van der Waals surface area contributed by atoms with Crippen LogP contribution in [-0.4, -0.2) is 32.0 Å². The van der Waals surface area contributed by atoms with Gasteiger partial charge in [-0.05, 0) is 31.6 Å². The second-order valence-electron chi connectivity index (χ2n) is 6.51. The van der Waals surface area contributed by atoms with Gasteiger partial charge in [0.15, 0.2) is 0 Å². The molecule has 0 amide bonds. The molecule has 3 heterocycles. The molecule has 0 unspecified atom stereocenters. The molecule has 0 saturated carbocycles. The van der Waals surface area contributed by atoms with E-state index in [9.17, 15) is 4.79 Å². The molecule has 1 aliphatic rings. The lowest BCUT2D eigenvalue weighted by Crippen LogP contribution is -2.36. The maximum atomic E-state index is 12.2. The number of rotatable bonds is 4. The van der Waals surface area contributed by atoms with E-state index >= 15 is 0 Å². The Hall–Kier alpha value is -1.76. The average Bonchev–Trinajstić information content (AvgIpc) is 2.96. The third-order valence-electron chi connectivity index (χ3n) is 4.35. The van der Waals surface area contributed by atoms with Crippen LogP contribution < -0.4 is 10.5 Å². The molecule has 3 rings (SSSR count). The van der Waals surface area contributed by atoms with Crippen molar-refractivity contribution in [3.05, 3.63) is 34.3 Å². The van der Waals surface area contributed by atoms with Gasteiger partial charge in [-0.15, -0.1) is 0 Å². The highest BCUT2D eigenvalue weighted by molar-refractivity contribution is 7.09. The molecular weight excluding hydrogens is 310 g/mol. The lowest BCUT2D eigenvalue weighted by molar-refractivity contribution is 0.350. The maximum absolute atomic E-state index is 12.2. The molecule has 2 aromatic heterocycles. The van der Waals surface area contributed by atoms with E-state index in [0.29, 0.717) is 5.92 Å². The van der Waals surface area contributed by atoms with Gasteiger partial charge in [-0.2, -0.15) is 4.37 Å². The third kappa shape index (κ3) is 3.77. The summed E-state index contributed by atoms with van der Waals surface area (Å²) >= 11 is 1.47. The second-order valence-corrected chi connectivity index (χ2v) is 7.24. The van der Waals surface area contributed by atoms with E-state index in [4.69, 9.17) is 0 Å². The van der Waals surface area contributed by atoms with Crippen molar-refractivity contribution in [1.29, 1.82) is 0 Å². The van der Waals surface area contributed by atoms with Gasteiger partial charge in [-0.1, -0.05) is 13.8 Å². The minimum atomic E-state index is 0.0610. The van der Waals surface area contributed by atoms with Gasteiger partial charge >= 0.3 is 0 Å². The molecule has 6 nitrogen and oxygen atoms in total. The van der Waals surface area contributed by atoms with E-state index in [1.807, 2.05) is 6.92 Å². The molecule has 1 aliphatic heterocycles. The summed E-state index contributed by atoms with van der Waals surface area (Å²) in [5.41, 5.74) is 0.929. The first-order valence-corrected chi connectivity index (χ1v) is 8.92. The molecule has 0 aromatic carbocycles. The Morgan fingerprint density at radius 1 is 1.35 bits per heavy atom. The van der Waals surface area contributed by atoms with Crippen LogP contribution in [0.15, 0.2) is 17.2 Å². The van der Waals surface area contributed by atoms with Crippen molar-refractivity contribution in [2.75, 3.05) is 18.0 Å². The molecular formula is C16H23N5OS. The summed E-state index contributed by atoms with van der Waals surface area (Å²) in [5.74, 6) is 1.65. The maximum Gasteiger partial charge on any atom is 0.253 e. The number of aryl methyl sites for hydroxylation is 1. The molecule has 0 N–H and O–H groups in total. The fourth-order valence-corrected chi connectivity index (χ4v) is 3.62. The predicted octanol–water partition coefficient (Wildman–Crippen LogP) is 2.44. The van der Waals surface area contributed by atoms with Gasteiger partial charge in [0.2, 0.25) is 5.13 Å². The van der Waals surface area contributed by atoms with Crippen molar-refractivity contribution in [1.82, 2.24) is 18.9 Å². The number of hydrogen-bond donors (Lipinski definition) is 0. The normalized spacial score (nSPS) is 16.3. The Bertz CT molecular complexity index is 715. The summed E-state index contributed by atoms with van der Waals surface area (Å²) in [4.78, 5) is 23.4. The fourth-order valence-electron chi connectivity index (χ4n) is 2.89. The molecule has 0 spiro atoms. The SMILES string of the molecule is Cc1nsc(N2CCC(Cn3cnc(C(C)C)cc3=O)CC2)n1. The van der Waals surface area contributed by atoms with Crippen molar-refractivity contribution in [3.63, 3.8) is 0 Å². The first-order valence-electron chi connectivity index (χ1n) is 8.14. The van der Waals surface area contributed by atoms with Crippen LogP contribution in [0.3, 0.4) is 0 Å². The molecule has 7 heteroatoms. The summed E-state index contributed by atoms with van der Waals surface area (Å²) < 4.78 is 6.00. The Balaban J connectivity index is 1.59. The first kappa shape index (κ1) is 16.1. The van der Waals surface area contributed by atoms with Gasteiger partial charge in [0.05, 0.1) is 12.0 Å². The summed E-state index contributed by atoms with van der Waals surface area (Å²) in [5, 5.41) is 1.01. The second kappa shape index (κ2) is 6.78. The molecule has 1 saturated heterocycles. The van der Waals surface area contributed by atoms with Gasteiger partial charge < -0.3 is 4.90 Å². The minimum absolute atomic E-state index is 0.0610. The lowest BCUT2D eigenvalue weighted by Gasteiger charge is -2.31. The zero-order valence-corrected chi connectivity index (χ0v) is 14.7. The van der Waals surface area contributed by atoms with Crippen LogP contribution in [0.25, 0.3) is 0 Å². The molecule has 23 heavy (non-hydrogen) atoms. The van der Waals surface area contributed by atoms with Crippen LogP contribution in [0, 0.1) is 12.8 Å². The van der Waals surface area contributed by atoms with Gasteiger partial charge in [-0.3, -0.25) is 9.36 Å². The number of anilines is 1. The topological polar surface area (TPSA) is 63.9 Å². The van der Waals surface area contributed by atoms with Crippen LogP contribution in [0.5, 0.6) is 0 Å². The van der Waals surface area contributed by atoms with E-state index in [1.165, 1.54) is 11.5 Å². The zero-order valence-electron chi connectivity index (χ0n) is 13.9. The zero-order chi connectivity index (χ0) is 16.4. The molecule has 0 atom stereocenters. The summed E-state index contributed by atoms with van der Waals surface area (Å²) in [6.45, 7) is 8.74. The van der Waals surface area contributed by atoms with Gasteiger partial charge in [0, 0.05) is 37.2 Å². The molecule has 0 aliphatic carbocycles. The summed E-state index contributed by atoms with van der Waals surface area (Å²) in [6.07, 6.45) is 3.84. The standard InChI is InChI=1S/C16H23N5OS/c1-11(2)14-8-15(22)21(10-17-14)9-13-4-6-20(7-5-13)16-18-12(3)19-23-16/h8,10-11,13H,4-7,9H2,1-3H3. The number of hydrogen-bond acceptors (Lipinski definition) is 6. The van der Waals surface area contributed by atoms with E-state index < -0.39 is 0 Å². The summed E-state index contributed by atoms with van der Waals surface area (Å²) in [7, 11) is 0. The van der Waals surface area contributed by atoms with Crippen molar-refractivity contribution >= 4 is 16.7 Å². The van der Waals surface area contributed by atoms with Crippen molar-refractivity contribution in [2.45, 2.75) is 46.1 Å². The molecule has 2 aromatic rings. The van der Waals surface area contributed by atoms with E-state index in [1.54, 1.807) is 17.0 Å². The van der Waals surface area contributed by atoms with Gasteiger partial charge in [0.1, 0.15) is 5.82 Å². The molecule has 0 radical (unpaired) electrons. The Kier molecular flexibility index (Phi) is 4.75. The lowest BCUT2D eigenvalue weighted by atomic mass is 9.97. The Morgan fingerprint density at radius 2 is 2.09 bits per heavy atom. The molecule has 124 valence electrons. The minimum Gasteiger partial charge on any atom is -0.347 e. The fraction of sp³-hybridized carbons (Fsp3) is 0.625. The van der Waals surface area contributed by atoms with Crippen LogP contribution >= 0.6 is 11.5 Å². The highest BCUT2D eigenvalue weighted by Gasteiger charge is 2.22. The predicted molar refractivity (Wildman–Crippen MR) is 92.2 cm³/mol. The van der Waals surface area contributed by atoms with Crippen LogP contribution in [0.2, 0.25) is 0 Å². The van der Waals surface area contributed by atoms with Crippen LogP contribution in [0.4, 0.5) is 5.13 Å². The number of piperidine rings is 1. The molecule has 0 bridgehead atoms. The Morgan fingerprint density at radius 3 is 2.65 bits per heavy atom. The van der Waals surface area contributed by atoms with Crippen molar-refractivity contribution in [2.24, 2.45) is 5.92 Å². The quantitative estimate of drug-likeness (QED) is 0.860. The average molecular weight is 333 g/mol. The van der Waals surface area contributed by atoms with Crippen LogP contribution in [0.1, 0.15) is 44.1 Å². The van der Waals surface area contributed by atoms with Crippen molar-refractivity contribution < 1.29 is 0 Å². The van der Waals surface area contributed by atoms with Crippen molar-refractivity contribution in [3.8, 4) is 0 Å². The smallest absolute Gasteiger partial charge is 0.253 e. The third-order valence-corrected chi connectivity index (χ3v) is 5.22. The summed E-state index contributed by atoms with van der Waals surface area (Å²) in [6, 6.07) is 1.67. The highest BCUT2D eigenvalue weighted by atomic mass is 32.1.